The Morgan fingerprint density at radius 2 is 1.52 bits per heavy atom. The van der Waals surface area contributed by atoms with E-state index in [0.717, 1.165) is 22.6 Å². The summed E-state index contributed by atoms with van der Waals surface area (Å²) in [5.74, 6) is 0.116. The Labute approximate surface area is 173 Å². The van der Waals surface area contributed by atoms with Crippen molar-refractivity contribution in [2.45, 2.75) is 29.0 Å². The molecule has 1 aliphatic heterocycles. The molecule has 0 bridgehead atoms. The Morgan fingerprint density at radius 3 is 2.14 bits per heavy atom. The van der Waals surface area contributed by atoms with Crippen LogP contribution in [0.2, 0.25) is 0 Å². The highest BCUT2D eigenvalue weighted by Crippen LogP contribution is 2.44. The molecule has 0 unspecified atom stereocenters. The average molecular weight is 404 g/mol. The average Bonchev–Trinajstić information content (AvgIpc) is 2.76. The van der Waals surface area contributed by atoms with Gasteiger partial charge in [0.05, 0.1) is 11.0 Å². The molecule has 0 aliphatic carbocycles. The van der Waals surface area contributed by atoms with Crippen molar-refractivity contribution in [3.63, 3.8) is 0 Å². The summed E-state index contributed by atoms with van der Waals surface area (Å²) in [5.41, 5.74) is 2.06. The quantitative estimate of drug-likeness (QED) is 0.409. The number of para-hydroxylation sites is 1. The molecular formula is C23H20N2O3S. The molecule has 2 atom stereocenters. The highest BCUT2D eigenvalue weighted by Gasteiger charge is 2.38. The number of thioether (sulfide) groups is 1. The molecule has 1 fully saturated rings. The van der Waals surface area contributed by atoms with Gasteiger partial charge in [0.1, 0.15) is 0 Å². The number of anilines is 1. The van der Waals surface area contributed by atoms with Crippen LogP contribution in [0, 0.1) is 10.1 Å². The summed E-state index contributed by atoms with van der Waals surface area (Å²) in [6.45, 7) is 0. The molecule has 3 aromatic carbocycles. The lowest BCUT2D eigenvalue weighted by atomic mass is 9.93. The Balaban J connectivity index is 1.70. The molecule has 0 spiro atoms. The van der Waals surface area contributed by atoms with Gasteiger partial charge >= 0.3 is 0 Å². The van der Waals surface area contributed by atoms with Gasteiger partial charge in [0.25, 0.3) is 5.69 Å². The molecule has 4 rings (SSSR count). The molecule has 29 heavy (non-hydrogen) atoms. The standard InChI is InChI=1S/C23H20N2O3S/c26-22-16-15-21(29-20-13-11-19(12-14-20)25(27)28)23(17-7-3-1-4-8-17)24(22)18-9-5-2-6-10-18/h1-14,21,23H,15-16H2/t21-,23-/m0/s1. The van der Waals surface area contributed by atoms with Crippen molar-refractivity contribution in [2.75, 3.05) is 4.90 Å². The number of nitro groups is 1. The normalized spacial score (nSPS) is 19.2. The number of non-ortho nitro benzene ring substituents is 1. The van der Waals surface area contributed by atoms with E-state index in [2.05, 4.69) is 12.1 Å². The Kier molecular flexibility index (Phi) is 5.62. The van der Waals surface area contributed by atoms with Crippen LogP contribution in [-0.4, -0.2) is 16.1 Å². The molecule has 0 N–H and O–H groups in total. The Morgan fingerprint density at radius 1 is 0.897 bits per heavy atom. The van der Waals surface area contributed by atoms with Gasteiger partial charge in [-0.3, -0.25) is 14.9 Å². The predicted octanol–water partition coefficient (Wildman–Crippen LogP) is 5.62. The first-order valence-corrected chi connectivity index (χ1v) is 10.3. The summed E-state index contributed by atoms with van der Waals surface area (Å²) in [6.07, 6.45) is 1.23. The number of nitrogens with zero attached hydrogens (tertiary/aromatic N) is 2. The molecule has 5 nitrogen and oxygen atoms in total. The minimum absolute atomic E-state index is 0.0821. The van der Waals surface area contributed by atoms with Crippen molar-refractivity contribution < 1.29 is 9.72 Å². The number of benzene rings is 3. The highest BCUT2D eigenvalue weighted by atomic mass is 32.2. The molecule has 1 aliphatic rings. The van der Waals surface area contributed by atoms with E-state index in [1.54, 1.807) is 23.9 Å². The second kappa shape index (κ2) is 8.49. The van der Waals surface area contributed by atoms with E-state index in [1.165, 1.54) is 12.1 Å². The third-order valence-corrected chi connectivity index (χ3v) is 6.39. The third kappa shape index (κ3) is 4.17. The van der Waals surface area contributed by atoms with Crippen molar-refractivity contribution in [3.8, 4) is 0 Å². The van der Waals surface area contributed by atoms with Crippen molar-refractivity contribution >= 4 is 29.0 Å². The van der Waals surface area contributed by atoms with E-state index in [4.69, 9.17) is 0 Å². The second-order valence-corrected chi connectivity index (χ2v) is 8.21. The lowest BCUT2D eigenvalue weighted by Gasteiger charge is -2.41. The summed E-state index contributed by atoms with van der Waals surface area (Å²) in [6, 6.07) is 26.3. The summed E-state index contributed by atoms with van der Waals surface area (Å²) < 4.78 is 0. The molecule has 0 saturated carbocycles. The number of amides is 1. The Bertz CT molecular complexity index is 994. The molecular weight excluding hydrogens is 384 g/mol. The molecule has 1 saturated heterocycles. The fourth-order valence-electron chi connectivity index (χ4n) is 3.72. The minimum atomic E-state index is -0.391. The monoisotopic (exact) mass is 404 g/mol. The van der Waals surface area contributed by atoms with Crippen LogP contribution in [0.25, 0.3) is 0 Å². The molecule has 3 aromatic rings. The highest BCUT2D eigenvalue weighted by molar-refractivity contribution is 8.00. The van der Waals surface area contributed by atoms with Crippen molar-refractivity contribution in [3.05, 3.63) is 101 Å². The fraction of sp³-hybridized carbons (Fsp3) is 0.174. The van der Waals surface area contributed by atoms with Crippen LogP contribution in [0.3, 0.4) is 0 Å². The van der Waals surface area contributed by atoms with Crippen molar-refractivity contribution in [1.82, 2.24) is 0 Å². The second-order valence-electron chi connectivity index (χ2n) is 6.90. The number of nitro benzene ring substituents is 1. The smallest absolute Gasteiger partial charge is 0.269 e. The summed E-state index contributed by atoms with van der Waals surface area (Å²) in [7, 11) is 0. The van der Waals surface area contributed by atoms with E-state index in [-0.39, 0.29) is 22.9 Å². The van der Waals surface area contributed by atoms with E-state index >= 15 is 0 Å². The van der Waals surface area contributed by atoms with Crippen LogP contribution < -0.4 is 4.90 Å². The largest absolute Gasteiger partial charge is 0.304 e. The molecule has 0 radical (unpaired) electrons. The van der Waals surface area contributed by atoms with E-state index in [9.17, 15) is 14.9 Å². The topological polar surface area (TPSA) is 63.4 Å². The first-order chi connectivity index (χ1) is 14.1. The van der Waals surface area contributed by atoms with Crippen LogP contribution in [0.4, 0.5) is 11.4 Å². The molecule has 146 valence electrons. The van der Waals surface area contributed by atoms with Gasteiger partial charge in [-0.05, 0) is 36.2 Å². The van der Waals surface area contributed by atoms with Crippen LogP contribution in [-0.2, 0) is 4.79 Å². The summed E-state index contributed by atoms with van der Waals surface area (Å²) >= 11 is 1.67. The first-order valence-electron chi connectivity index (χ1n) is 9.46. The number of rotatable bonds is 5. The fourth-order valence-corrected chi connectivity index (χ4v) is 5.00. The van der Waals surface area contributed by atoms with Gasteiger partial charge in [0, 0.05) is 34.4 Å². The van der Waals surface area contributed by atoms with E-state index in [0.29, 0.717) is 6.42 Å². The van der Waals surface area contributed by atoms with Crippen LogP contribution in [0.1, 0.15) is 24.4 Å². The molecule has 1 heterocycles. The number of hydrogen-bond acceptors (Lipinski definition) is 4. The van der Waals surface area contributed by atoms with Gasteiger partial charge in [0.15, 0.2) is 0 Å². The van der Waals surface area contributed by atoms with Crippen LogP contribution in [0.15, 0.2) is 89.8 Å². The maximum atomic E-state index is 12.9. The molecule has 6 heteroatoms. The third-order valence-electron chi connectivity index (χ3n) is 5.05. The molecule has 0 aromatic heterocycles. The number of piperidine rings is 1. The van der Waals surface area contributed by atoms with Gasteiger partial charge in [-0.2, -0.15) is 0 Å². The molecule has 1 amide bonds. The minimum Gasteiger partial charge on any atom is -0.304 e. The van der Waals surface area contributed by atoms with Gasteiger partial charge in [-0.1, -0.05) is 48.5 Å². The van der Waals surface area contributed by atoms with E-state index < -0.39 is 4.92 Å². The lowest BCUT2D eigenvalue weighted by Crippen LogP contribution is -2.44. The van der Waals surface area contributed by atoms with Gasteiger partial charge in [0.2, 0.25) is 5.91 Å². The summed E-state index contributed by atoms with van der Waals surface area (Å²) in [5, 5.41) is 11.1. The van der Waals surface area contributed by atoms with Gasteiger partial charge in [-0.25, -0.2) is 0 Å². The maximum Gasteiger partial charge on any atom is 0.269 e. The summed E-state index contributed by atoms with van der Waals surface area (Å²) in [4.78, 5) is 26.3. The maximum absolute atomic E-state index is 12.9. The van der Waals surface area contributed by atoms with Crippen molar-refractivity contribution in [2.24, 2.45) is 0 Å². The Hall–Kier alpha value is -3.12. The van der Waals surface area contributed by atoms with Gasteiger partial charge in [-0.15, -0.1) is 11.8 Å². The van der Waals surface area contributed by atoms with Crippen LogP contribution in [0.5, 0.6) is 0 Å². The number of hydrogen-bond donors (Lipinski definition) is 0. The number of carbonyl (C=O) groups excluding carboxylic acids is 1. The van der Waals surface area contributed by atoms with Gasteiger partial charge < -0.3 is 4.90 Å². The predicted molar refractivity (Wildman–Crippen MR) is 115 cm³/mol. The van der Waals surface area contributed by atoms with Crippen molar-refractivity contribution in [1.29, 1.82) is 0 Å². The zero-order valence-electron chi connectivity index (χ0n) is 15.7. The zero-order chi connectivity index (χ0) is 20.2. The van der Waals surface area contributed by atoms with E-state index in [1.807, 2.05) is 53.4 Å². The first kappa shape index (κ1) is 19.2. The van der Waals surface area contributed by atoms with Crippen LogP contribution >= 0.6 is 11.8 Å². The lowest BCUT2D eigenvalue weighted by molar-refractivity contribution is -0.384. The number of carbonyl (C=O) groups is 1. The SMILES string of the molecule is O=C1CC[C@H](Sc2ccc([N+](=O)[O-])cc2)[C@H](c2ccccc2)N1c1ccccc1. The zero-order valence-corrected chi connectivity index (χ0v) is 16.5.